The van der Waals surface area contributed by atoms with E-state index in [9.17, 15) is 9.90 Å². The second-order valence-corrected chi connectivity index (χ2v) is 4.82. The Labute approximate surface area is 135 Å². The summed E-state index contributed by atoms with van der Waals surface area (Å²) in [5, 5.41) is 15.5. The molecule has 1 unspecified atom stereocenters. The second kappa shape index (κ2) is 8.05. The zero-order chi connectivity index (χ0) is 16.7. The molecule has 0 spiro atoms. The second-order valence-electron chi connectivity index (χ2n) is 4.82. The van der Waals surface area contributed by atoms with Crippen LogP contribution in [-0.2, 0) is 0 Å². The number of urea groups is 1. The highest BCUT2D eigenvalue weighted by atomic mass is 16.5. The number of amides is 2. The van der Waals surface area contributed by atoms with Gasteiger partial charge < -0.3 is 25.2 Å². The monoisotopic (exact) mass is 316 g/mol. The number of nitrogens with one attached hydrogen (secondary N) is 2. The summed E-state index contributed by atoms with van der Waals surface area (Å²) in [6.45, 7) is 0.0718. The predicted octanol–water partition coefficient (Wildman–Crippen LogP) is 2.56. The Morgan fingerprint density at radius 3 is 2.43 bits per heavy atom. The van der Waals surface area contributed by atoms with Gasteiger partial charge in [-0.15, -0.1) is 0 Å². The van der Waals surface area contributed by atoms with Crippen LogP contribution in [0.15, 0.2) is 48.5 Å². The first-order chi connectivity index (χ1) is 11.1. The summed E-state index contributed by atoms with van der Waals surface area (Å²) in [5.41, 5.74) is 1.26. The fraction of sp³-hybridized carbons (Fsp3) is 0.235. The molecule has 0 saturated heterocycles. The molecular weight excluding hydrogens is 296 g/mol. The first-order valence-corrected chi connectivity index (χ1v) is 7.14. The molecule has 0 saturated carbocycles. The van der Waals surface area contributed by atoms with Gasteiger partial charge in [0, 0.05) is 17.8 Å². The van der Waals surface area contributed by atoms with Gasteiger partial charge in [0.05, 0.1) is 20.3 Å². The van der Waals surface area contributed by atoms with Crippen molar-refractivity contribution in [3.63, 3.8) is 0 Å². The summed E-state index contributed by atoms with van der Waals surface area (Å²) >= 11 is 0. The van der Waals surface area contributed by atoms with E-state index in [0.717, 1.165) is 0 Å². The molecule has 3 N–H and O–H groups in total. The molecule has 0 radical (unpaired) electrons. The van der Waals surface area contributed by atoms with Crippen LogP contribution in [0, 0.1) is 0 Å². The fourth-order valence-electron chi connectivity index (χ4n) is 2.09. The van der Waals surface area contributed by atoms with Gasteiger partial charge in [0.2, 0.25) is 0 Å². The van der Waals surface area contributed by atoms with Crippen LogP contribution in [0.3, 0.4) is 0 Å². The Hall–Kier alpha value is -2.73. The van der Waals surface area contributed by atoms with Crippen LogP contribution >= 0.6 is 0 Å². The first kappa shape index (κ1) is 16.6. The average molecular weight is 316 g/mol. The molecule has 0 bridgehead atoms. The smallest absolute Gasteiger partial charge is 0.319 e. The van der Waals surface area contributed by atoms with Gasteiger partial charge in [-0.2, -0.15) is 0 Å². The third kappa shape index (κ3) is 4.62. The van der Waals surface area contributed by atoms with E-state index in [4.69, 9.17) is 9.47 Å². The van der Waals surface area contributed by atoms with Gasteiger partial charge in [-0.1, -0.05) is 18.2 Å². The molecule has 0 aliphatic carbocycles. The number of carbonyl (C=O) groups is 1. The Morgan fingerprint density at radius 1 is 1.09 bits per heavy atom. The molecule has 0 aliphatic rings. The molecule has 23 heavy (non-hydrogen) atoms. The van der Waals surface area contributed by atoms with Gasteiger partial charge in [-0.05, 0) is 30.3 Å². The molecule has 0 fully saturated rings. The van der Waals surface area contributed by atoms with Crippen LogP contribution in [0.1, 0.15) is 11.7 Å². The lowest BCUT2D eigenvalue weighted by molar-refractivity contribution is 0.171. The largest absolute Gasteiger partial charge is 0.497 e. The van der Waals surface area contributed by atoms with Crippen molar-refractivity contribution in [1.29, 1.82) is 0 Å². The number of ether oxygens (including phenoxy) is 2. The number of hydrogen-bond donors (Lipinski definition) is 3. The summed E-state index contributed by atoms with van der Waals surface area (Å²) in [6, 6.07) is 13.7. The van der Waals surface area contributed by atoms with Crippen LogP contribution in [-0.4, -0.2) is 31.9 Å². The quantitative estimate of drug-likeness (QED) is 0.765. The zero-order valence-corrected chi connectivity index (χ0v) is 13.1. The standard InChI is InChI=1S/C17H20N2O4/c1-22-13-9-7-12(8-10-13)19-17(21)18-11-15(20)14-5-3-4-6-16(14)23-2/h3-10,15,20H,11H2,1-2H3,(H2,18,19,21). The van der Waals surface area contributed by atoms with E-state index in [1.165, 1.54) is 7.11 Å². The molecular formula is C17H20N2O4. The number of para-hydroxylation sites is 1. The highest BCUT2D eigenvalue weighted by Gasteiger charge is 2.13. The molecule has 2 aromatic carbocycles. The van der Waals surface area contributed by atoms with E-state index in [1.54, 1.807) is 49.6 Å². The predicted molar refractivity (Wildman–Crippen MR) is 88.0 cm³/mol. The molecule has 0 aromatic heterocycles. The van der Waals surface area contributed by atoms with E-state index in [-0.39, 0.29) is 6.54 Å². The van der Waals surface area contributed by atoms with Gasteiger partial charge in [0.15, 0.2) is 0 Å². The van der Waals surface area contributed by atoms with Gasteiger partial charge in [-0.25, -0.2) is 4.79 Å². The summed E-state index contributed by atoms with van der Waals surface area (Å²) in [6.07, 6.45) is -0.854. The Kier molecular flexibility index (Phi) is 5.82. The van der Waals surface area contributed by atoms with Crippen molar-refractivity contribution in [2.24, 2.45) is 0 Å². The van der Waals surface area contributed by atoms with Crippen molar-refractivity contribution in [2.45, 2.75) is 6.10 Å². The van der Waals surface area contributed by atoms with Crippen molar-refractivity contribution < 1.29 is 19.4 Å². The molecule has 0 heterocycles. The number of carbonyl (C=O) groups excluding carboxylic acids is 1. The highest BCUT2D eigenvalue weighted by Crippen LogP contribution is 2.24. The Balaban J connectivity index is 1.88. The minimum atomic E-state index is -0.854. The Morgan fingerprint density at radius 2 is 1.78 bits per heavy atom. The summed E-state index contributed by atoms with van der Waals surface area (Å²) in [5.74, 6) is 1.29. The maximum absolute atomic E-state index is 11.9. The highest BCUT2D eigenvalue weighted by molar-refractivity contribution is 5.89. The zero-order valence-electron chi connectivity index (χ0n) is 13.1. The fourth-order valence-corrected chi connectivity index (χ4v) is 2.09. The molecule has 6 heteroatoms. The van der Waals surface area contributed by atoms with E-state index < -0.39 is 12.1 Å². The molecule has 2 amide bonds. The lowest BCUT2D eigenvalue weighted by Crippen LogP contribution is -2.32. The molecule has 122 valence electrons. The van der Waals surface area contributed by atoms with E-state index >= 15 is 0 Å². The van der Waals surface area contributed by atoms with Gasteiger partial charge >= 0.3 is 6.03 Å². The van der Waals surface area contributed by atoms with E-state index in [1.807, 2.05) is 6.07 Å². The van der Waals surface area contributed by atoms with Crippen molar-refractivity contribution in [2.75, 3.05) is 26.1 Å². The lowest BCUT2D eigenvalue weighted by Gasteiger charge is -2.15. The first-order valence-electron chi connectivity index (χ1n) is 7.14. The topological polar surface area (TPSA) is 79.8 Å². The minimum Gasteiger partial charge on any atom is -0.497 e. The summed E-state index contributed by atoms with van der Waals surface area (Å²) < 4.78 is 10.2. The van der Waals surface area contributed by atoms with Crippen molar-refractivity contribution >= 4 is 11.7 Å². The third-order valence-corrected chi connectivity index (χ3v) is 3.30. The van der Waals surface area contributed by atoms with Gasteiger partial charge in [-0.3, -0.25) is 0 Å². The van der Waals surface area contributed by atoms with Crippen molar-refractivity contribution in [1.82, 2.24) is 5.32 Å². The Bertz CT molecular complexity index is 643. The number of anilines is 1. The van der Waals surface area contributed by atoms with Crippen LogP contribution in [0.5, 0.6) is 11.5 Å². The molecule has 6 nitrogen and oxygen atoms in total. The number of hydrogen-bond acceptors (Lipinski definition) is 4. The number of benzene rings is 2. The number of methoxy groups -OCH3 is 2. The number of rotatable bonds is 6. The molecule has 2 aromatic rings. The van der Waals surface area contributed by atoms with Crippen LogP contribution in [0.25, 0.3) is 0 Å². The SMILES string of the molecule is COc1ccc(NC(=O)NCC(O)c2ccccc2OC)cc1. The van der Waals surface area contributed by atoms with E-state index in [0.29, 0.717) is 22.7 Å². The van der Waals surface area contributed by atoms with E-state index in [2.05, 4.69) is 10.6 Å². The maximum Gasteiger partial charge on any atom is 0.319 e. The van der Waals surface area contributed by atoms with Crippen LogP contribution in [0.4, 0.5) is 10.5 Å². The van der Waals surface area contributed by atoms with Crippen LogP contribution in [0.2, 0.25) is 0 Å². The van der Waals surface area contributed by atoms with Crippen molar-refractivity contribution in [3.05, 3.63) is 54.1 Å². The average Bonchev–Trinajstić information content (AvgIpc) is 2.60. The lowest BCUT2D eigenvalue weighted by atomic mass is 10.1. The molecule has 0 aliphatic heterocycles. The van der Waals surface area contributed by atoms with Gasteiger partial charge in [0.25, 0.3) is 0 Å². The van der Waals surface area contributed by atoms with Crippen molar-refractivity contribution in [3.8, 4) is 11.5 Å². The summed E-state index contributed by atoms with van der Waals surface area (Å²) in [7, 11) is 3.11. The maximum atomic E-state index is 11.9. The van der Waals surface area contributed by atoms with Crippen LogP contribution < -0.4 is 20.1 Å². The third-order valence-electron chi connectivity index (χ3n) is 3.30. The normalized spacial score (nSPS) is 11.4. The number of aliphatic hydroxyl groups excluding tert-OH is 1. The summed E-state index contributed by atoms with van der Waals surface area (Å²) in [4.78, 5) is 11.9. The minimum absolute atomic E-state index is 0.0718. The van der Waals surface area contributed by atoms with Gasteiger partial charge in [0.1, 0.15) is 11.5 Å². The number of aliphatic hydroxyl groups is 1. The molecule has 1 atom stereocenters. The molecule has 2 rings (SSSR count).